The molecule has 2 aromatic carbocycles. The molecule has 2 bridgehead atoms. The molecule has 8 nitrogen and oxygen atoms in total. The van der Waals surface area contributed by atoms with Gasteiger partial charge < -0.3 is 29.2 Å². The van der Waals surface area contributed by atoms with E-state index in [-0.39, 0.29) is 60.8 Å². The van der Waals surface area contributed by atoms with Crippen molar-refractivity contribution in [3.05, 3.63) is 114 Å². The molecule has 3 N–H and O–H groups in total. The first-order valence-corrected chi connectivity index (χ1v) is 19.9. The van der Waals surface area contributed by atoms with Crippen LogP contribution in [0.25, 0.3) is 0 Å². The summed E-state index contributed by atoms with van der Waals surface area (Å²) in [6, 6.07) is 18.8. The van der Waals surface area contributed by atoms with E-state index in [1.165, 1.54) is 18.4 Å². The van der Waals surface area contributed by atoms with Crippen molar-refractivity contribution in [1.82, 2.24) is 4.90 Å². The van der Waals surface area contributed by atoms with Gasteiger partial charge in [0.2, 0.25) is 5.78 Å². The number of furan rings is 1. The lowest BCUT2D eigenvalue weighted by atomic mass is 9.32. The summed E-state index contributed by atoms with van der Waals surface area (Å²) in [5.74, 6) is -0.176. The number of Topliss-reactive ketones (excluding diaryl/α,β-unsaturated/α-hetero) is 1. The number of allylic oxidation sites excluding steroid dienone is 4. The van der Waals surface area contributed by atoms with Gasteiger partial charge in [-0.3, -0.25) is 9.69 Å². The van der Waals surface area contributed by atoms with Crippen molar-refractivity contribution in [3.8, 4) is 5.75 Å². The minimum Gasteiger partial charge on any atom is -0.461 e. The van der Waals surface area contributed by atoms with E-state index in [4.69, 9.17) is 9.15 Å². The molecule has 6 aliphatic rings. The number of aliphatic hydroxyl groups excluding tert-OH is 2. The van der Waals surface area contributed by atoms with Gasteiger partial charge in [-0.1, -0.05) is 74.5 Å². The number of fused-ring (bicyclic) bond motifs is 1. The second-order valence-corrected chi connectivity index (χ2v) is 17.6. The zero-order chi connectivity index (χ0) is 39.6. The second-order valence-electron chi connectivity index (χ2n) is 17.6. The van der Waals surface area contributed by atoms with Gasteiger partial charge in [0.25, 0.3) is 0 Å². The third-order valence-electron chi connectivity index (χ3n) is 14.6. The lowest BCUT2D eigenvalue weighted by Crippen LogP contribution is -2.67. The predicted octanol–water partition coefficient (Wildman–Crippen LogP) is 8.03. The Morgan fingerprint density at radius 3 is 2.36 bits per heavy atom. The first kappa shape index (κ1) is 39.1. The minimum absolute atomic E-state index is 0.0513. The quantitative estimate of drug-likeness (QED) is 0.118. The Kier molecular flexibility index (Phi) is 9.96. The van der Waals surface area contributed by atoms with Crippen LogP contribution in [0.3, 0.4) is 0 Å². The molecule has 6 aliphatic carbocycles. The molecule has 0 radical (unpaired) electrons. The number of ether oxygens (including phenoxy) is 2. The molecule has 56 heavy (non-hydrogen) atoms. The van der Waals surface area contributed by atoms with E-state index >= 15 is 0 Å². The molecule has 1 aromatic heterocycles. The fourth-order valence-electron chi connectivity index (χ4n) is 12.0. The zero-order valence-electron chi connectivity index (χ0n) is 32.0. The molecule has 1 heterocycles. The van der Waals surface area contributed by atoms with Crippen molar-refractivity contribution in [2.24, 2.45) is 33.5 Å². The number of carbonyl (C=O) groups is 1. The summed E-state index contributed by atoms with van der Waals surface area (Å²) in [4.78, 5) is 16.5. The highest BCUT2D eigenvalue weighted by Gasteiger charge is 2.74. The Balaban J connectivity index is 1.10. The highest BCUT2D eigenvalue weighted by Crippen LogP contribution is 2.78. The van der Waals surface area contributed by atoms with Gasteiger partial charge in [-0.05, 0) is 97.6 Å². The number of aliphatic hydroxyl groups is 3. The number of hydrogen-bond acceptors (Lipinski definition) is 8. The summed E-state index contributed by atoms with van der Waals surface area (Å²) >= 11 is 0. The number of halogens is 3. The van der Waals surface area contributed by atoms with Crippen LogP contribution in [-0.4, -0.2) is 69.9 Å². The molecule has 0 aliphatic heterocycles. The molecule has 9 rings (SSSR count). The van der Waals surface area contributed by atoms with Gasteiger partial charge in [-0.2, -0.15) is 0 Å². The van der Waals surface area contributed by atoms with Crippen molar-refractivity contribution >= 4 is 5.78 Å². The summed E-state index contributed by atoms with van der Waals surface area (Å²) in [5.41, 5.74) is -0.815. The zero-order valence-corrected chi connectivity index (χ0v) is 32.0. The number of carbonyl (C=O) groups excluding carboxylic acids is 1. The van der Waals surface area contributed by atoms with E-state index in [1.54, 1.807) is 24.3 Å². The van der Waals surface area contributed by atoms with E-state index in [9.17, 15) is 33.3 Å². The van der Waals surface area contributed by atoms with Gasteiger partial charge in [0.15, 0.2) is 5.76 Å². The van der Waals surface area contributed by atoms with Crippen LogP contribution in [0.2, 0.25) is 0 Å². The molecule has 3 aromatic rings. The van der Waals surface area contributed by atoms with Gasteiger partial charge in [-0.15, -0.1) is 13.2 Å². The number of nitrogens with zero attached hydrogens (tertiary/aromatic N) is 1. The normalized spacial score (nSPS) is 35.1. The van der Waals surface area contributed by atoms with Gasteiger partial charge in [0, 0.05) is 41.5 Å². The van der Waals surface area contributed by atoms with Crippen molar-refractivity contribution in [1.29, 1.82) is 0 Å². The Bertz CT molecular complexity index is 1950. The molecule has 1 unspecified atom stereocenters. The summed E-state index contributed by atoms with van der Waals surface area (Å²) in [6.45, 7) is 5.47. The van der Waals surface area contributed by atoms with Crippen molar-refractivity contribution in [3.63, 3.8) is 0 Å². The lowest BCUT2D eigenvalue weighted by Gasteiger charge is -2.71. The molecule has 11 heteroatoms. The lowest BCUT2D eigenvalue weighted by molar-refractivity contribution is -0.274. The van der Waals surface area contributed by atoms with Crippen LogP contribution in [0.15, 0.2) is 101 Å². The van der Waals surface area contributed by atoms with Crippen LogP contribution in [0, 0.1) is 33.5 Å². The van der Waals surface area contributed by atoms with Gasteiger partial charge >= 0.3 is 6.36 Å². The fraction of sp³-hybridized carbons (Fsp3) is 0.533. The minimum atomic E-state index is -4.81. The first-order valence-electron chi connectivity index (χ1n) is 19.9. The largest absolute Gasteiger partial charge is 0.573 e. The monoisotopic (exact) mass is 775 g/mol. The van der Waals surface area contributed by atoms with Gasteiger partial charge in [0.05, 0.1) is 37.3 Å². The fourth-order valence-corrected chi connectivity index (χ4v) is 12.0. The Hall–Kier alpha value is -3.74. The standard InChI is InChI=1S/C45H52F3NO7/c1-40-17-14-32(50)23-42(40)20-21-44(35(24-42)39(52)36-9-6-22-55-36)37(40)15-18-41(2)38(44)16-19-43(41,53)29-49(25-30-10-12-34(13-11-30)56-45(46,47)48)26-33(51)28-54-27-31-7-4-3-5-8-31/h3-13,20-22,24,32-33,37-38,50-51,53H,14-19,23,25-29H2,1-2H3/t32?,33-,37-,38-,40-,41+,42+,43-,44-/m1/s1. The number of alkyl halides is 3. The van der Waals surface area contributed by atoms with E-state index in [0.29, 0.717) is 43.4 Å². The molecular weight excluding hydrogens is 723 g/mol. The van der Waals surface area contributed by atoms with Crippen molar-refractivity contribution in [2.75, 3.05) is 19.7 Å². The van der Waals surface area contributed by atoms with Crippen LogP contribution in [0.4, 0.5) is 13.2 Å². The smallest absolute Gasteiger partial charge is 0.461 e. The van der Waals surface area contributed by atoms with Crippen molar-refractivity contribution in [2.45, 2.75) is 96.1 Å². The van der Waals surface area contributed by atoms with E-state index in [0.717, 1.165) is 24.8 Å². The third kappa shape index (κ3) is 6.57. The van der Waals surface area contributed by atoms with Gasteiger partial charge in [-0.25, -0.2) is 0 Å². The summed E-state index contributed by atoms with van der Waals surface area (Å²) in [6.07, 6.45) is 6.76. The van der Waals surface area contributed by atoms with Gasteiger partial charge in [0.1, 0.15) is 5.75 Å². The van der Waals surface area contributed by atoms with Crippen LogP contribution in [0.1, 0.15) is 80.5 Å². The predicted molar refractivity (Wildman–Crippen MR) is 202 cm³/mol. The highest BCUT2D eigenvalue weighted by molar-refractivity contribution is 6.08. The third-order valence-corrected chi connectivity index (χ3v) is 14.6. The number of ketones is 1. The molecule has 3 saturated carbocycles. The van der Waals surface area contributed by atoms with Crippen LogP contribution < -0.4 is 4.74 Å². The Morgan fingerprint density at radius 1 is 0.929 bits per heavy atom. The van der Waals surface area contributed by atoms with E-state index < -0.39 is 40.4 Å². The Labute approximate surface area is 326 Å². The summed E-state index contributed by atoms with van der Waals surface area (Å²) in [7, 11) is 0. The van der Waals surface area contributed by atoms with Crippen LogP contribution in [-0.2, 0) is 17.9 Å². The summed E-state index contributed by atoms with van der Waals surface area (Å²) < 4.78 is 54.5. The number of benzene rings is 2. The topological polar surface area (TPSA) is 113 Å². The molecule has 3 fully saturated rings. The van der Waals surface area contributed by atoms with Crippen LogP contribution in [0.5, 0.6) is 5.75 Å². The van der Waals surface area contributed by atoms with Crippen molar-refractivity contribution < 1.29 is 47.2 Å². The van der Waals surface area contributed by atoms with E-state index in [2.05, 4.69) is 36.8 Å². The maximum atomic E-state index is 14.6. The molecule has 300 valence electrons. The molecular formula is C45H52F3NO7. The molecule has 9 atom stereocenters. The number of hydrogen-bond donors (Lipinski definition) is 3. The average molecular weight is 776 g/mol. The number of rotatable bonds is 13. The van der Waals surface area contributed by atoms with Crippen LogP contribution >= 0.6 is 0 Å². The first-order chi connectivity index (χ1) is 26.6. The molecule has 0 saturated heterocycles. The summed E-state index contributed by atoms with van der Waals surface area (Å²) in [5, 5.41) is 35.4. The molecule has 0 amide bonds. The molecule has 2 spiro atoms. The Morgan fingerprint density at radius 2 is 1.64 bits per heavy atom. The average Bonchev–Trinajstić information content (AvgIpc) is 3.78. The highest BCUT2D eigenvalue weighted by atomic mass is 19.4. The maximum absolute atomic E-state index is 14.6. The van der Waals surface area contributed by atoms with E-state index in [1.807, 2.05) is 35.2 Å². The second kappa shape index (κ2) is 14.3. The maximum Gasteiger partial charge on any atom is 0.573 e. The SMILES string of the molecule is C[C@]12CC[C@H]3[C@]4(C=C[C@@]5(C=C4C(=O)c4ccco4)CC(O)CC[C@]35C)[C@@H]1CC[C@@]2(O)CN(Cc1ccc(OC(F)(F)F)cc1)C[C@@H](O)COCc1ccccc1.